The van der Waals surface area contributed by atoms with Crippen molar-refractivity contribution < 1.29 is 9.59 Å². The van der Waals surface area contributed by atoms with Gasteiger partial charge in [0.15, 0.2) is 11.5 Å². The van der Waals surface area contributed by atoms with Gasteiger partial charge in [0.05, 0.1) is 6.04 Å². The number of aromatic nitrogens is 4. The topological polar surface area (TPSA) is 95.7 Å². The number of aryl methyl sites for hydroxylation is 1. The van der Waals surface area contributed by atoms with E-state index in [0.29, 0.717) is 12.8 Å². The van der Waals surface area contributed by atoms with Gasteiger partial charge in [0.2, 0.25) is 11.8 Å². The van der Waals surface area contributed by atoms with Gasteiger partial charge in [0.25, 0.3) is 0 Å². The minimum absolute atomic E-state index is 0.0106. The van der Waals surface area contributed by atoms with Crippen molar-refractivity contribution in [3.8, 4) is 0 Å². The van der Waals surface area contributed by atoms with Gasteiger partial charge in [-0.05, 0) is 25.5 Å². The minimum Gasteiger partial charge on any atom is -0.351 e. The van der Waals surface area contributed by atoms with Gasteiger partial charge in [0, 0.05) is 26.6 Å². The van der Waals surface area contributed by atoms with Gasteiger partial charge in [-0.3, -0.25) is 9.59 Å². The SMILES string of the molecule is Cc1nnc2ccc(N3CC(N(C)C(=O)C4CCC(=O)N4)C3)nn12. The predicted molar refractivity (Wildman–Crippen MR) is 85.5 cm³/mol. The first-order valence-electron chi connectivity index (χ1n) is 8.03. The number of carbonyl (C=O) groups is 2. The number of nitrogens with one attached hydrogen (secondary N) is 1. The number of amides is 2. The van der Waals surface area contributed by atoms with Crippen LogP contribution in [0, 0.1) is 6.92 Å². The summed E-state index contributed by atoms with van der Waals surface area (Å²) < 4.78 is 1.71. The molecule has 0 aromatic carbocycles. The maximum Gasteiger partial charge on any atom is 0.245 e. The van der Waals surface area contributed by atoms with E-state index in [2.05, 4.69) is 25.5 Å². The highest BCUT2D eigenvalue weighted by molar-refractivity contribution is 5.91. The van der Waals surface area contributed by atoms with Crippen LogP contribution in [0.1, 0.15) is 18.7 Å². The summed E-state index contributed by atoms with van der Waals surface area (Å²) in [5, 5.41) is 15.3. The zero-order valence-corrected chi connectivity index (χ0v) is 13.6. The van der Waals surface area contributed by atoms with Gasteiger partial charge in [-0.2, -0.15) is 4.52 Å². The lowest BCUT2D eigenvalue weighted by atomic mass is 10.1. The van der Waals surface area contributed by atoms with E-state index >= 15 is 0 Å². The lowest BCUT2D eigenvalue weighted by molar-refractivity contribution is -0.135. The Labute approximate surface area is 138 Å². The fourth-order valence-electron chi connectivity index (χ4n) is 3.17. The Balaban J connectivity index is 1.40. The Morgan fingerprint density at radius 1 is 1.33 bits per heavy atom. The van der Waals surface area contributed by atoms with Crippen LogP contribution in [0.15, 0.2) is 12.1 Å². The second-order valence-electron chi connectivity index (χ2n) is 6.38. The third kappa shape index (κ3) is 2.36. The zero-order valence-electron chi connectivity index (χ0n) is 13.6. The highest BCUT2D eigenvalue weighted by Gasteiger charge is 2.37. The lowest BCUT2D eigenvalue weighted by Gasteiger charge is -2.45. The average Bonchev–Trinajstić information content (AvgIpc) is 3.12. The van der Waals surface area contributed by atoms with Crippen LogP contribution >= 0.6 is 0 Å². The molecule has 1 N–H and O–H groups in total. The van der Waals surface area contributed by atoms with Gasteiger partial charge in [-0.15, -0.1) is 15.3 Å². The molecule has 2 aromatic rings. The van der Waals surface area contributed by atoms with Crippen molar-refractivity contribution in [1.82, 2.24) is 30.0 Å². The molecule has 2 fully saturated rings. The highest BCUT2D eigenvalue weighted by Crippen LogP contribution is 2.22. The molecule has 9 nitrogen and oxygen atoms in total. The number of likely N-dealkylation sites (N-methyl/N-ethyl adjacent to an activating group) is 1. The van der Waals surface area contributed by atoms with Crippen LogP contribution < -0.4 is 10.2 Å². The molecular formula is C15H19N7O2. The van der Waals surface area contributed by atoms with Crippen LogP contribution in [0.4, 0.5) is 5.82 Å². The molecule has 4 heterocycles. The lowest BCUT2D eigenvalue weighted by Crippen LogP contribution is -2.62. The van der Waals surface area contributed by atoms with Crippen molar-refractivity contribution in [2.24, 2.45) is 0 Å². The summed E-state index contributed by atoms with van der Waals surface area (Å²) >= 11 is 0. The second kappa shape index (κ2) is 5.43. The summed E-state index contributed by atoms with van der Waals surface area (Å²) in [5.41, 5.74) is 0.720. The van der Waals surface area contributed by atoms with Gasteiger partial charge in [-0.1, -0.05) is 0 Å². The molecule has 0 bridgehead atoms. The number of fused-ring (bicyclic) bond motifs is 1. The number of nitrogens with zero attached hydrogens (tertiary/aromatic N) is 6. The van der Waals surface area contributed by atoms with Gasteiger partial charge >= 0.3 is 0 Å². The van der Waals surface area contributed by atoms with E-state index in [4.69, 9.17) is 0 Å². The van der Waals surface area contributed by atoms with E-state index in [1.54, 1.807) is 16.5 Å². The zero-order chi connectivity index (χ0) is 16.8. The molecule has 126 valence electrons. The Morgan fingerprint density at radius 3 is 2.83 bits per heavy atom. The molecule has 1 unspecified atom stereocenters. The average molecular weight is 329 g/mol. The van der Waals surface area contributed by atoms with Crippen molar-refractivity contribution in [2.75, 3.05) is 25.0 Å². The summed E-state index contributed by atoms with van der Waals surface area (Å²) in [6.07, 6.45) is 1.02. The second-order valence-corrected chi connectivity index (χ2v) is 6.38. The molecule has 0 saturated carbocycles. The third-order valence-corrected chi connectivity index (χ3v) is 4.78. The molecule has 9 heteroatoms. The fourth-order valence-corrected chi connectivity index (χ4v) is 3.17. The Hall–Kier alpha value is -2.71. The fraction of sp³-hybridized carbons (Fsp3) is 0.533. The molecule has 1 atom stereocenters. The molecule has 2 amide bonds. The smallest absolute Gasteiger partial charge is 0.245 e. The number of carbonyl (C=O) groups excluding carboxylic acids is 2. The molecule has 0 aliphatic carbocycles. The molecule has 2 saturated heterocycles. The largest absolute Gasteiger partial charge is 0.351 e. The van der Waals surface area contributed by atoms with Gasteiger partial charge in [0.1, 0.15) is 11.9 Å². The maximum absolute atomic E-state index is 12.4. The summed E-state index contributed by atoms with van der Waals surface area (Å²) in [4.78, 5) is 27.5. The van der Waals surface area contributed by atoms with Crippen molar-refractivity contribution in [3.63, 3.8) is 0 Å². The highest BCUT2D eigenvalue weighted by atomic mass is 16.2. The molecular weight excluding hydrogens is 310 g/mol. The Kier molecular flexibility index (Phi) is 3.36. The van der Waals surface area contributed by atoms with Crippen molar-refractivity contribution >= 4 is 23.3 Å². The molecule has 0 radical (unpaired) electrons. The van der Waals surface area contributed by atoms with Crippen LogP contribution in [0.5, 0.6) is 0 Å². The van der Waals surface area contributed by atoms with Crippen LogP contribution in [0.25, 0.3) is 5.65 Å². The van der Waals surface area contributed by atoms with Crippen LogP contribution in [0.2, 0.25) is 0 Å². The molecule has 0 spiro atoms. The van der Waals surface area contributed by atoms with Crippen molar-refractivity contribution in [3.05, 3.63) is 18.0 Å². The van der Waals surface area contributed by atoms with Gasteiger partial charge < -0.3 is 15.1 Å². The van der Waals surface area contributed by atoms with Crippen molar-refractivity contribution in [1.29, 1.82) is 0 Å². The van der Waals surface area contributed by atoms with E-state index in [-0.39, 0.29) is 23.9 Å². The quantitative estimate of drug-likeness (QED) is 0.805. The third-order valence-electron chi connectivity index (χ3n) is 4.78. The van der Waals surface area contributed by atoms with Gasteiger partial charge in [-0.25, -0.2) is 0 Å². The summed E-state index contributed by atoms with van der Waals surface area (Å²) in [6, 6.07) is 3.57. The maximum atomic E-state index is 12.4. The first-order valence-corrected chi connectivity index (χ1v) is 8.03. The van der Waals surface area contributed by atoms with Crippen LogP contribution in [0.3, 0.4) is 0 Å². The van der Waals surface area contributed by atoms with E-state index in [9.17, 15) is 9.59 Å². The molecule has 2 aromatic heterocycles. The van der Waals surface area contributed by atoms with E-state index in [1.807, 2.05) is 19.1 Å². The molecule has 2 aliphatic rings. The summed E-state index contributed by atoms with van der Waals surface area (Å²) in [5.74, 6) is 1.53. The Bertz CT molecular complexity index is 811. The standard InChI is InChI=1S/C15H19N7O2/c1-9-17-18-12-4-5-13(19-22(9)12)21-7-10(8-21)20(2)15(24)11-3-6-14(23)16-11/h4-5,10-11H,3,6-8H2,1-2H3,(H,16,23). The van der Waals surface area contributed by atoms with E-state index in [0.717, 1.165) is 30.4 Å². The van der Waals surface area contributed by atoms with E-state index in [1.165, 1.54) is 0 Å². The first-order chi connectivity index (χ1) is 11.5. The number of rotatable bonds is 3. The predicted octanol–water partition coefficient (Wildman–Crippen LogP) is -0.642. The first kappa shape index (κ1) is 14.9. The Morgan fingerprint density at radius 2 is 2.12 bits per heavy atom. The minimum atomic E-state index is -0.370. The van der Waals surface area contributed by atoms with E-state index < -0.39 is 0 Å². The summed E-state index contributed by atoms with van der Waals surface area (Å²) in [7, 11) is 1.80. The number of anilines is 1. The number of hydrogen-bond acceptors (Lipinski definition) is 6. The normalized spacial score (nSPS) is 21.0. The monoisotopic (exact) mass is 329 g/mol. The molecule has 2 aliphatic heterocycles. The number of hydrogen-bond donors (Lipinski definition) is 1. The summed E-state index contributed by atoms with van der Waals surface area (Å²) in [6.45, 7) is 3.31. The van der Waals surface area contributed by atoms with Crippen LogP contribution in [-0.4, -0.2) is 68.7 Å². The van der Waals surface area contributed by atoms with Crippen LogP contribution in [-0.2, 0) is 9.59 Å². The molecule has 24 heavy (non-hydrogen) atoms. The molecule has 4 rings (SSSR count). The van der Waals surface area contributed by atoms with Crippen molar-refractivity contribution in [2.45, 2.75) is 31.8 Å².